The summed E-state index contributed by atoms with van der Waals surface area (Å²) >= 11 is 0. The molecule has 2 rings (SSSR count). The molecule has 1 heterocycles. The van der Waals surface area contributed by atoms with Crippen molar-refractivity contribution < 1.29 is 34.3 Å². The lowest BCUT2D eigenvalue weighted by Crippen LogP contribution is -2.59. The van der Waals surface area contributed by atoms with Crippen LogP contribution in [0.25, 0.3) is 0 Å². The molecule has 0 saturated carbocycles. The van der Waals surface area contributed by atoms with Gasteiger partial charge in [0.2, 0.25) is 0 Å². The molecule has 112 valence electrons. The summed E-state index contributed by atoms with van der Waals surface area (Å²) < 4.78 is 23.8. The summed E-state index contributed by atoms with van der Waals surface area (Å²) in [6.07, 6.45) is -6.74. The summed E-state index contributed by atoms with van der Waals surface area (Å²) in [5, 5.41) is 37.9. The summed E-state index contributed by atoms with van der Waals surface area (Å²) in [6.45, 7) is -0.708. The number of aliphatic hydroxyl groups is 4. The van der Waals surface area contributed by atoms with Crippen LogP contribution in [-0.2, 0) is 16.1 Å². The lowest BCUT2D eigenvalue weighted by atomic mass is 9.99. The summed E-state index contributed by atoms with van der Waals surface area (Å²) in [4.78, 5) is 0. The van der Waals surface area contributed by atoms with Crippen LogP contribution in [0.4, 0.5) is 4.39 Å². The van der Waals surface area contributed by atoms with Crippen molar-refractivity contribution >= 4 is 0 Å². The third-order valence-corrected chi connectivity index (χ3v) is 3.21. The van der Waals surface area contributed by atoms with Crippen molar-refractivity contribution in [2.24, 2.45) is 0 Å². The van der Waals surface area contributed by atoms with E-state index in [4.69, 9.17) is 14.6 Å². The van der Waals surface area contributed by atoms with Gasteiger partial charge in [0.15, 0.2) is 6.29 Å². The van der Waals surface area contributed by atoms with Crippen LogP contribution in [0.1, 0.15) is 5.56 Å². The Morgan fingerprint density at radius 2 is 1.80 bits per heavy atom. The van der Waals surface area contributed by atoms with Crippen LogP contribution in [0.3, 0.4) is 0 Å². The Kier molecular flexibility index (Phi) is 5.03. The molecule has 0 aliphatic carbocycles. The molecule has 20 heavy (non-hydrogen) atoms. The van der Waals surface area contributed by atoms with Gasteiger partial charge in [0.1, 0.15) is 30.2 Å². The van der Waals surface area contributed by atoms with E-state index in [1.165, 1.54) is 18.2 Å². The molecule has 1 unspecified atom stereocenters. The molecule has 1 fully saturated rings. The second-order valence-electron chi connectivity index (χ2n) is 4.60. The van der Waals surface area contributed by atoms with Gasteiger partial charge in [-0.3, -0.25) is 0 Å². The fourth-order valence-corrected chi connectivity index (χ4v) is 1.99. The van der Waals surface area contributed by atoms with Gasteiger partial charge in [-0.05, 0) is 6.07 Å². The van der Waals surface area contributed by atoms with Crippen LogP contribution >= 0.6 is 0 Å². The van der Waals surface area contributed by atoms with Gasteiger partial charge in [0.25, 0.3) is 0 Å². The van der Waals surface area contributed by atoms with Crippen LogP contribution in [0.2, 0.25) is 0 Å². The molecule has 0 spiro atoms. The first-order chi connectivity index (χ1) is 9.54. The van der Waals surface area contributed by atoms with Crippen molar-refractivity contribution in [3.05, 3.63) is 35.6 Å². The van der Waals surface area contributed by atoms with Crippen molar-refractivity contribution in [3.63, 3.8) is 0 Å². The topological polar surface area (TPSA) is 99.4 Å². The Bertz CT molecular complexity index is 441. The molecule has 0 aromatic heterocycles. The molecule has 0 bridgehead atoms. The first kappa shape index (κ1) is 15.3. The van der Waals surface area contributed by atoms with E-state index in [0.29, 0.717) is 0 Å². The summed E-state index contributed by atoms with van der Waals surface area (Å²) in [6, 6.07) is 5.95. The van der Waals surface area contributed by atoms with Crippen LogP contribution < -0.4 is 0 Å². The highest BCUT2D eigenvalue weighted by molar-refractivity contribution is 5.16. The van der Waals surface area contributed by atoms with E-state index in [9.17, 15) is 19.7 Å². The fraction of sp³-hybridized carbons (Fsp3) is 0.538. The quantitative estimate of drug-likeness (QED) is 0.575. The Morgan fingerprint density at radius 1 is 1.10 bits per heavy atom. The molecule has 6 nitrogen and oxygen atoms in total. The third-order valence-electron chi connectivity index (χ3n) is 3.21. The predicted molar refractivity (Wildman–Crippen MR) is 65.0 cm³/mol. The lowest BCUT2D eigenvalue weighted by molar-refractivity contribution is -0.304. The Morgan fingerprint density at radius 3 is 2.45 bits per heavy atom. The molecule has 1 aromatic rings. The van der Waals surface area contributed by atoms with Crippen molar-refractivity contribution in [2.75, 3.05) is 6.61 Å². The highest BCUT2D eigenvalue weighted by Gasteiger charge is 2.43. The van der Waals surface area contributed by atoms with Gasteiger partial charge in [-0.25, -0.2) is 4.39 Å². The van der Waals surface area contributed by atoms with Crippen LogP contribution in [0.5, 0.6) is 0 Å². The van der Waals surface area contributed by atoms with Gasteiger partial charge in [-0.1, -0.05) is 18.2 Å². The predicted octanol–water partition coefficient (Wildman–Crippen LogP) is -0.858. The first-order valence-corrected chi connectivity index (χ1v) is 6.20. The smallest absolute Gasteiger partial charge is 0.187 e. The molecule has 7 heteroatoms. The number of ether oxygens (including phenoxy) is 2. The van der Waals surface area contributed by atoms with Gasteiger partial charge >= 0.3 is 0 Å². The maximum atomic E-state index is 13.4. The minimum absolute atomic E-state index is 0.171. The number of hydrogen-bond acceptors (Lipinski definition) is 6. The molecule has 0 amide bonds. The minimum Gasteiger partial charge on any atom is -0.394 e. The zero-order chi connectivity index (χ0) is 14.7. The normalized spacial score (nSPS) is 34.1. The third kappa shape index (κ3) is 3.14. The highest BCUT2D eigenvalue weighted by Crippen LogP contribution is 2.23. The molecular weight excluding hydrogens is 271 g/mol. The fourth-order valence-electron chi connectivity index (χ4n) is 1.99. The zero-order valence-electron chi connectivity index (χ0n) is 10.6. The van der Waals surface area contributed by atoms with Gasteiger partial charge in [0.05, 0.1) is 13.2 Å². The highest BCUT2D eigenvalue weighted by atomic mass is 19.1. The van der Waals surface area contributed by atoms with E-state index < -0.39 is 43.1 Å². The number of aliphatic hydroxyl groups excluding tert-OH is 4. The lowest BCUT2D eigenvalue weighted by Gasteiger charge is -2.39. The molecule has 1 saturated heterocycles. The molecule has 1 aromatic carbocycles. The molecule has 1 aliphatic heterocycles. The van der Waals surface area contributed by atoms with Gasteiger partial charge in [-0.2, -0.15) is 0 Å². The molecule has 0 radical (unpaired) electrons. The minimum atomic E-state index is -1.51. The number of halogens is 1. The SMILES string of the molecule is OC[C@H]1OC(OCc2ccccc2F)[C@H](O)[C@@H](O)[C@@H]1O. The number of benzene rings is 1. The number of hydrogen-bond donors (Lipinski definition) is 4. The van der Waals surface area contributed by atoms with Crippen LogP contribution in [0.15, 0.2) is 24.3 Å². The summed E-state index contributed by atoms with van der Waals surface area (Å²) in [5.74, 6) is -0.461. The second kappa shape index (κ2) is 6.57. The van der Waals surface area contributed by atoms with Crippen LogP contribution in [-0.4, -0.2) is 57.7 Å². The zero-order valence-corrected chi connectivity index (χ0v) is 10.6. The van der Waals surface area contributed by atoms with E-state index in [1.54, 1.807) is 6.07 Å². The average Bonchev–Trinajstić information content (AvgIpc) is 2.46. The van der Waals surface area contributed by atoms with E-state index in [0.717, 1.165) is 0 Å². The molecular formula is C13H17FO6. The maximum Gasteiger partial charge on any atom is 0.187 e. The first-order valence-electron chi connectivity index (χ1n) is 6.20. The van der Waals surface area contributed by atoms with Crippen molar-refractivity contribution in [1.29, 1.82) is 0 Å². The molecule has 4 N–H and O–H groups in total. The van der Waals surface area contributed by atoms with Crippen molar-refractivity contribution in [3.8, 4) is 0 Å². The average molecular weight is 288 g/mol. The Hall–Kier alpha value is -1.09. The number of rotatable bonds is 4. The van der Waals surface area contributed by atoms with Gasteiger partial charge in [-0.15, -0.1) is 0 Å². The Labute approximate surface area is 115 Å². The van der Waals surface area contributed by atoms with E-state index in [-0.39, 0.29) is 12.2 Å². The Balaban J connectivity index is 2.00. The standard InChI is InChI=1S/C13H17FO6/c14-8-4-2-1-3-7(8)6-19-13-12(18)11(17)10(16)9(5-15)20-13/h1-4,9-13,15-18H,5-6H2/t9-,10-,11+,12-,13?/m1/s1. The van der Waals surface area contributed by atoms with E-state index in [1.807, 2.05) is 0 Å². The largest absolute Gasteiger partial charge is 0.394 e. The maximum absolute atomic E-state index is 13.4. The monoisotopic (exact) mass is 288 g/mol. The van der Waals surface area contributed by atoms with Crippen LogP contribution in [0, 0.1) is 5.82 Å². The van der Waals surface area contributed by atoms with Crippen molar-refractivity contribution in [2.45, 2.75) is 37.3 Å². The van der Waals surface area contributed by atoms with Crippen molar-refractivity contribution in [1.82, 2.24) is 0 Å². The van der Waals surface area contributed by atoms with Gasteiger partial charge in [0, 0.05) is 5.56 Å². The summed E-state index contributed by atoms with van der Waals surface area (Å²) in [5.41, 5.74) is 0.268. The van der Waals surface area contributed by atoms with E-state index in [2.05, 4.69) is 0 Å². The van der Waals surface area contributed by atoms with Gasteiger partial charge < -0.3 is 29.9 Å². The molecule has 1 aliphatic rings. The second-order valence-corrected chi connectivity index (χ2v) is 4.60. The van der Waals surface area contributed by atoms with E-state index >= 15 is 0 Å². The summed E-state index contributed by atoms with van der Waals surface area (Å²) in [7, 11) is 0. The molecule has 5 atom stereocenters.